The van der Waals surface area contributed by atoms with Crippen LogP contribution in [-0.2, 0) is 22.3 Å². The quantitative estimate of drug-likeness (QED) is 0.732. The molecule has 1 aromatic heterocycles. The van der Waals surface area contributed by atoms with E-state index in [2.05, 4.69) is 4.98 Å². The molecule has 116 valence electrons. The van der Waals surface area contributed by atoms with E-state index in [1.807, 2.05) is 29.7 Å². The molecule has 7 heteroatoms. The highest BCUT2D eigenvalue weighted by atomic mass is 35.5. The fourth-order valence-corrected chi connectivity index (χ4v) is 3.12. The highest BCUT2D eigenvalue weighted by Gasteiger charge is 2.16. The lowest BCUT2D eigenvalue weighted by atomic mass is 10.3. The summed E-state index contributed by atoms with van der Waals surface area (Å²) >= 11 is 5.94. The van der Waals surface area contributed by atoms with E-state index in [9.17, 15) is 8.42 Å². The van der Waals surface area contributed by atoms with Crippen LogP contribution in [0.2, 0.25) is 0 Å². The number of fused-ring (bicyclic) bond motifs is 1. The maximum atomic E-state index is 11.7. The van der Waals surface area contributed by atoms with Gasteiger partial charge in [0.05, 0.1) is 23.8 Å². The standard InChI is InChI=1S/C14H19ClN2O3S/c1-3-20-12-7-5-6-11-14(12)16-13(10-15)17(11)8-9-21(18,19)4-2/h5-7H,3-4,8-10H2,1-2H3. The Hall–Kier alpha value is -1.27. The number of para-hydroxylation sites is 1. The fraction of sp³-hybridized carbons (Fsp3) is 0.500. The number of nitrogens with zero attached hydrogens (tertiary/aromatic N) is 2. The number of alkyl halides is 1. The molecule has 0 unspecified atom stereocenters. The summed E-state index contributed by atoms with van der Waals surface area (Å²) < 4.78 is 30.8. The first-order valence-corrected chi connectivity index (χ1v) is 9.25. The predicted molar refractivity (Wildman–Crippen MR) is 84.8 cm³/mol. The van der Waals surface area contributed by atoms with Crippen molar-refractivity contribution in [1.29, 1.82) is 0 Å². The molecular formula is C14H19ClN2O3S. The lowest BCUT2D eigenvalue weighted by molar-refractivity contribution is 0.343. The maximum absolute atomic E-state index is 11.7. The maximum Gasteiger partial charge on any atom is 0.151 e. The van der Waals surface area contributed by atoms with Gasteiger partial charge in [-0.05, 0) is 19.1 Å². The molecule has 21 heavy (non-hydrogen) atoms. The Kier molecular flexibility index (Phi) is 5.11. The first-order chi connectivity index (χ1) is 10.0. The van der Waals surface area contributed by atoms with Gasteiger partial charge in [-0.15, -0.1) is 11.6 Å². The van der Waals surface area contributed by atoms with Crippen molar-refractivity contribution >= 4 is 32.5 Å². The number of hydrogen-bond acceptors (Lipinski definition) is 4. The number of sulfone groups is 1. The highest BCUT2D eigenvalue weighted by molar-refractivity contribution is 7.91. The van der Waals surface area contributed by atoms with Crippen molar-refractivity contribution in [3.8, 4) is 5.75 Å². The van der Waals surface area contributed by atoms with E-state index in [4.69, 9.17) is 16.3 Å². The van der Waals surface area contributed by atoms with Crippen LogP contribution in [0.4, 0.5) is 0 Å². The average molecular weight is 331 g/mol. The average Bonchev–Trinajstić information content (AvgIpc) is 2.84. The van der Waals surface area contributed by atoms with Gasteiger partial charge in [0.2, 0.25) is 0 Å². The van der Waals surface area contributed by atoms with Crippen molar-refractivity contribution in [2.24, 2.45) is 0 Å². The van der Waals surface area contributed by atoms with E-state index < -0.39 is 9.84 Å². The summed E-state index contributed by atoms with van der Waals surface area (Å²) in [6, 6.07) is 5.63. The van der Waals surface area contributed by atoms with Gasteiger partial charge in [0.25, 0.3) is 0 Å². The van der Waals surface area contributed by atoms with Crippen LogP contribution >= 0.6 is 11.6 Å². The van der Waals surface area contributed by atoms with Crippen LogP contribution in [0.3, 0.4) is 0 Å². The summed E-state index contributed by atoms with van der Waals surface area (Å²) in [6.45, 7) is 4.46. The molecule has 0 saturated carbocycles. The Morgan fingerprint density at radius 1 is 1.33 bits per heavy atom. The summed E-state index contributed by atoms with van der Waals surface area (Å²) in [5.41, 5.74) is 1.58. The molecule has 0 aliphatic carbocycles. The molecule has 0 saturated heterocycles. The number of imidazole rings is 1. The van der Waals surface area contributed by atoms with Gasteiger partial charge in [-0.2, -0.15) is 0 Å². The summed E-state index contributed by atoms with van der Waals surface area (Å²) in [6.07, 6.45) is 0. The molecule has 2 aromatic rings. The second kappa shape index (κ2) is 6.66. The van der Waals surface area contributed by atoms with Gasteiger partial charge >= 0.3 is 0 Å². The number of rotatable bonds is 7. The van der Waals surface area contributed by atoms with Crippen molar-refractivity contribution in [2.75, 3.05) is 18.1 Å². The van der Waals surface area contributed by atoms with Crippen LogP contribution in [0.5, 0.6) is 5.75 Å². The first kappa shape index (κ1) is 16.1. The third-order valence-electron chi connectivity index (χ3n) is 3.31. The van der Waals surface area contributed by atoms with E-state index >= 15 is 0 Å². The van der Waals surface area contributed by atoms with Gasteiger partial charge in [-0.3, -0.25) is 0 Å². The number of ether oxygens (including phenoxy) is 1. The molecule has 0 atom stereocenters. The van der Waals surface area contributed by atoms with Gasteiger partial charge in [0.15, 0.2) is 9.84 Å². The Morgan fingerprint density at radius 2 is 2.10 bits per heavy atom. The van der Waals surface area contributed by atoms with Crippen LogP contribution in [0.25, 0.3) is 11.0 Å². The minimum Gasteiger partial charge on any atom is -0.492 e. The second-order valence-electron chi connectivity index (χ2n) is 4.61. The van der Waals surface area contributed by atoms with Crippen LogP contribution in [-0.4, -0.2) is 36.1 Å². The molecule has 2 rings (SSSR count). The third kappa shape index (κ3) is 3.49. The van der Waals surface area contributed by atoms with Crippen molar-refractivity contribution in [3.05, 3.63) is 24.0 Å². The predicted octanol–water partition coefficient (Wildman–Crippen LogP) is 2.61. The first-order valence-electron chi connectivity index (χ1n) is 6.89. The normalized spacial score (nSPS) is 12.0. The van der Waals surface area contributed by atoms with E-state index in [1.54, 1.807) is 6.92 Å². The van der Waals surface area contributed by atoms with Gasteiger partial charge < -0.3 is 9.30 Å². The molecule has 0 bridgehead atoms. The minimum atomic E-state index is -3.03. The summed E-state index contributed by atoms with van der Waals surface area (Å²) in [5.74, 6) is 1.80. The van der Waals surface area contributed by atoms with Gasteiger partial charge in [-0.25, -0.2) is 13.4 Å². The summed E-state index contributed by atoms with van der Waals surface area (Å²) in [7, 11) is -3.03. The van der Waals surface area contributed by atoms with Gasteiger partial charge in [0, 0.05) is 12.3 Å². The molecule has 0 aliphatic rings. The Morgan fingerprint density at radius 3 is 2.71 bits per heavy atom. The van der Waals surface area contributed by atoms with E-state index in [1.165, 1.54) is 0 Å². The van der Waals surface area contributed by atoms with Crippen molar-refractivity contribution in [1.82, 2.24) is 9.55 Å². The molecule has 0 amide bonds. The summed E-state index contributed by atoms with van der Waals surface area (Å²) in [4.78, 5) is 4.49. The zero-order valence-corrected chi connectivity index (χ0v) is 13.7. The van der Waals surface area contributed by atoms with E-state index in [0.29, 0.717) is 24.7 Å². The summed E-state index contributed by atoms with van der Waals surface area (Å²) in [5, 5.41) is 0. The van der Waals surface area contributed by atoms with E-state index in [0.717, 1.165) is 11.0 Å². The fourth-order valence-electron chi connectivity index (χ4n) is 2.17. The van der Waals surface area contributed by atoms with Crippen molar-refractivity contribution < 1.29 is 13.2 Å². The minimum absolute atomic E-state index is 0.0811. The number of hydrogen-bond donors (Lipinski definition) is 0. The molecule has 5 nitrogen and oxygen atoms in total. The number of halogens is 1. The van der Waals surface area contributed by atoms with Crippen LogP contribution in [0.1, 0.15) is 19.7 Å². The van der Waals surface area contributed by atoms with Crippen LogP contribution in [0, 0.1) is 0 Å². The topological polar surface area (TPSA) is 61.2 Å². The monoisotopic (exact) mass is 330 g/mol. The third-order valence-corrected chi connectivity index (χ3v) is 5.23. The van der Waals surface area contributed by atoms with Gasteiger partial charge in [-0.1, -0.05) is 13.0 Å². The largest absolute Gasteiger partial charge is 0.492 e. The number of benzene rings is 1. The molecule has 1 heterocycles. The smallest absolute Gasteiger partial charge is 0.151 e. The zero-order chi connectivity index (χ0) is 15.5. The highest BCUT2D eigenvalue weighted by Crippen LogP contribution is 2.26. The molecule has 0 spiro atoms. The van der Waals surface area contributed by atoms with Gasteiger partial charge in [0.1, 0.15) is 17.1 Å². The zero-order valence-electron chi connectivity index (χ0n) is 12.2. The van der Waals surface area contributed by atoms with E-state index in [-0.39, 0.29) is 17.4 Å². The molecule has 1 aromatic carbocycles. The molecule has 0 N–H and O–H groups in total. The van der Waals surface area contributed by atoms with Crippen LogP contribution < -0.4 is 4.74 Å². The Bertz CT molecular complexity index is 725. The lowest BCUT2D eigenvalue weighted by Gasteiger charge is -2.08. The Balaban J connectivity index is 2.44. The lowest BCUT2D eigenvalue weighted by Crippen LogP contribution is -2.15. The Labute approximate surface area is 129 Å². The molecule has 0 fully saturated rings. The van der Waals surface area contributed by atoms with Crippen molar-refractivity contribution in [3.63, 3.8) is 0 Å². The van der Waals surface area contributed by atoms with Crippen LogP contribution in [0.15, 0.2) is 18.2 Å². The second-order valence-corrected chi connectivity index (χ2v) is 7.35. The number of aromatic nitrogens is 2. The molecule has 0 radical (unpaired) electrons. The SMILES string of the molecule is CCOc1cccc2c1nc(CCl)n2CCS(=O)(=O)CC. The molecular weight excluding hydrogens is 312 g/mol. The van der Waals surface area contributed by atoms with Crippen molar-refractivity contribution in [2.45, 2.75) is 26.3 Å². The molecule has 0 aliphatic heterocycles. The number of aryl methyl sites for hydroxylation is 1.